The number of rotatable bonds is 2. The molecule has 0 saturated carbocycles. The van der Waals surface area contributed by atoms with Gasteiger partial charge in [0.15, 0.2) is 0 Å². The summed E-state index contributed by atoms with van der Waals surface area (Å²) in [4.78, 5) is 28.8. The standard InChI is InChI=1S/C20H22N4O3/c25-18-14-27-20(15-24(18)17-5-2-1-3-6-17)8-4-11-23(12-9-20)19(26)16-7-10-21-22-13-16/h1-3,5-7,10,13H,4,8-9,11-12,14-15H2. The van der Waals surface area contributed by atoms with Crippen LogP contribution in [0.4, 0.5) is 5.69 Å². The Morgan fingerprint density at radius 1 is 1.07 bits per heavy atom. The summed E-state index contributed by atoms with van der Waals surface area (Å²) < 4.78 is 6.03. The number of nitrogens with zero attached hydrogens (tertiary/aromatic N) is 4. The first-order valence-electron chi connectivity index (χ1n) is 9.22. The Bertz CT molecular complexity index is 814. The van der Waals surface area contributed by atoms with Gasteiger partial charge in [-0.2, -0.15) is 10.2 Å². The lowest BCUT2D eigenvalue weighted by molar-refractivity contribution is -0.140. The van der Waals surface area contributed by atoms with E-state index in [4.69, 9.17) is 4.74 Å². The first-order valence-corrected chi connectivity index (χ1v) is 9.22. The highest BCUT2D eigenvalue weighted by molar-refractivity contribution is 5.95. The molecule has 1 spiro atoms. The van der Waals surface area contributed by atoms with Crippen LogP contribution in [0.25, 0.3) is 0 Å². The smallest absolute Gasteiger partial charge is 0.255 e. The van der Waals surface area contributed by atoms with Gasteiger partial charge >= 0.3 is 0 Å². The van der Waals surface area contributed by atoms with E-state index in [1.165, 1.54) is 12.4 Å². The number of morpholine rings is 1. The Morgan fingerprint density at radius 2 is 1.93 bits per heavy atom. The third-order valence-electron chi connectivity index (χ3n) is 5.33. The van der Waals surface area contributed by atoms with Gasteiger partial charge in [0.25, 0.3) is 11.8 Å². The summed E-state index contributed by atoms with van der Waals surface area (Å²) >= 11 is 0. The molecule has 2 fully saturated rings. The first kappa shape index (κ1) is 17.6. The minimum atomic E-state index is -0.407. The van der Waals surface area contributed by atoms with Crippen LogP contribution < -0.4 is 4.90 Å². The summed E-state index contributed by atoms with van der Waals surface area (Å²) in [5.74, 6) is -0.0550. The summed E-state index contributed by atoms with van der Waals surface area (Å²) in [5, 5.41) is 7.52. The molecule has 1 aromatic heterocycles. The minimum absolute atomic E-state index is 0.0214. The lowest BCUT2D eigenvalue weighted by Crippen LogP contribution is -2.55. The summed E-state index contributed by atoms with van der Waals surface area (Å²) in [7, 11) is 0. The van der Waals surface area contributed by atoms with Crippen molar-refractivity contribution < 1.29 is 14.3 Å². The van der Waals surface area contributed by atoms with Crippen molar-refractivity contribution in [1.82, 2.24) is 15.1 Å². The highest BCUT2D eigenvalue weighted by Crippen LogP contribution is 2.33. The SMILES string of the molecule is O=C(c1ccnnc1)N1CCCC2(CC1)CN(c1ccccc1)C(=O)CO2. The van der Waals surface area contributed by atoms with Gasteiger partial charge in [0.1, 0.15) is 6.61 Å². The van der Waals surface area contributed by atoms with Gasteiger partial charge in [-0.15, -0.1) is 0 Å². The number of anilines is 1. The highest BCUT2D eigenvalue weighted by Gasteiger charge is 2.42. The van der Waals surface area contributed by atoms with Crippen LogP contribution in [0, 0.1) is 0 Å². The van der Waals surface area contributed by atoms with E-state index in [0.717, 1.165) is 18.5 Å². The average Bonchev–Trinajstić information content (AvgIpc) is 2.93. The zero-order valence-electron chi connectivity index (χ0n) is 15.1. The lowest BCUT2D eigenvalue weighted by Gasteiger charge is -2.42. The molecule has 3 heterocycles. The summed E-state index contributed by atoms with van der Waals surface area (Å²) in [6.07, 6.45) is 5.38. The predicted molar refractivity (Wildman–Crippen MR) is 99.3 cm³/mol. The van der Waals surface area contributed by atoms with Crippen LogP contribution in [-0.2, 0) is 9.53 Å². The zero-order chi connectivity index (χ0) is 18.7. The molecule has 0 N–H and O–H groups in total. The first-order chi connectivity index (χ1) is 13.2. The Kier molecular flexibility index (Phi) is 4.85. The number of carbonyl (C=O) groups excluding carboxylic acids is 2. The molecule has 27 heavy (non-hydrogen) atoms. The molecule has 1 unspecified atom stereocenters. The van der Waals surface area contributed by atoms with E-state index < -0.39 is 5.60 Å². The Morgan fingerprint density at radius 3 is 2.70 bits per heavy atom. The minimum Gasteiger partial charge on any atom is -0.363 e. The summed E-state index contributed by atoms with van der Waals surface area (Å²) in [5.41, 5.74) is 1.03. The van der Waals surface area contributed by atoms with Crippen molar-refractivity contribution in [2.24, 2.45) is 0 Å². The quantitative estimate of drug-likeness (QED) is 0.811. The largest absolute Gasteiger partial charge is 0.363 e. The van der Waals surface area contributed by atoms with Crippen molar-refractivity contribution in [3.05, 3.63) is 54.4 Å². The molecule has 0 aliphatic carbocycles. The van der Waals surface area contributed by atoms with Crippen LogP contribution in [0.15, 0.2) is 48.8 Å². The maximum Gasteiger partial charge on any atom is 0.255 e. The fraction of sp³-hybridized carbons (Fsp3) is 0.400. The molecule has 1 atom stereocenters. The van der Waals surface area contributed by atoms with Crippen LogP contribution in [0.3, 0.4) is 0 Å². The van der Waals surface area contributed by atoms with Crippen LogP contribution >= 0.6 is 0 Å². The van der Waals surface area contributed by atoms with Gasteiger partial charge in [-0.1, -0.05) is 18.2 Å². The molecule has 2 amide bonds. The van der Waals surface area contributed by atoms with Crippen LogP contribution in [-0.4, -0.2) is 58.8 Å². The second-order valence-corrected chi connectivity index (χ2v) is 7.06. The van der Waals surface area contributed by atoms with Gasteiger partial charge < -0.3 is 14.5 Å². The number of para-hydroxylation sites is 1. The number of ether oxygens (including phenoxy) is 1. The van der Waals surface area contributed by atoms with E-state index in [0.29, 0.717) is 31.6 Å². The van der Waals surface area contributed by atoms with E-state index >= 15 is 0 Å². The predicted octanol–water partition coefficient (Wildman–Crippen LogP) is 1.90. The lowest BCUT2D eigenvalue weighted by atomic mass is 9.92. The molecule has 4 rings (SSSR count). The number of hydrogen-bond acceptors (Lipinski definition) is 5. The van der Waals surface area contributed by atoms with Gasteiger partial charge in [0.2, 0.25) is 0 Å². The van der Waals surface area contributed by atoms with Crippen molar-refractivity contribution in [3.8, 4) is 0 Å². The molecule has 0 bridgehead atoms. The highest BCUT2D eigenvalue weighted by atomic mass is 16.5. The second-order valence-electron chi connectivity index (χ2n) is 7.06. The average molecular weight is 366 g/mol. The Labute approximate surface area is 157 Å². The molecule has 2 aliphatic rings. The summed E-state index contributed by atoms with van der Waals surface area (Å²) in [6, 6.07) is 11.4. The third kappa shape index (κ3) is 3.68. The molecular formula is C20H22N4O3. The van der Waals surface area contributed by atoms with E-state index in [9.17, 15) is 9.59 Å². The number of carbonyl (C=O) groups is 2. The maximum atomic E-state index is 12.7. The van der Waals surface area contributed by atoms with Crippen LogP contribution in [0.1, 0.15) is 29.6 Å². The second kappa shape index (κ2) is 7.44. The number of amides is 2. The number of likely N-dealkylation sites (tertiary alicyclic amines) is 1. The van der Waals surface area contributed by atoms with Crippen molar-refractivity contribution in [2.45, 2.75) is 24.9 Å². The zero-order valence-corrected chi connectivity index (χ0v) is 15.1. The fourth-order valence-electron chi connectivity index (χ4n) is 3.83. The topological polar surface area (TPSA) is 75.6 Å². The van der Waals surface area contributed by atoms with E-state index in [1.807, 2.05) is 40.1 Å². The van der Waals surface area contributed by atoms with E-state index in [-0.39, 0.29) is 18.4 Å². The number of hydrogen-bond donors (Lipinski definition) is 0. The Hall–Kier alpha value is -2.80. The van der Waals surface area contributed by atoms with E-state index in [1.54, 1.807) is 6.07 Å². The summed E-state index contributed by atoms with van der Waals surface area (Å²) in [6.45, 7) is 1.87. The molecular weight excluding hydrogens is 344 g/mol. The molecule has 1 aromatic carbocycles. The van der Waals surface area contributed by atoms with Crippen molar-refractivity contribution in [3.63, 3.8) is 0 Å². The molecule has 140 valence electrons. The van der Waals surface area contributed by atoms with E-state index in [2.05, 4.69) is 10.2 Å². The molecule has 2 aromatic rings. The Balaban J connectivity index is 1.48. The molecule has 2 saturated heterocycles. The third-order valence-corrected chi connectivity index (χ3v) is 5.33. The maximum absolute atomic E-state index is 12.7. The fourth-order valence-corrected chi connectivity index (χ4v) is 3.83. The van der Waals surface area contributed by atoms with Gasteiger partial charge in [-0.05, 0) is 37.5 Å². The van der Waals surface area contributed by atoms with Gasteiger partial charge in [0, 0.05) is 18.8 Å². The normalized spacial score (nSPS) is 23.3. The van der Waals surface area contributed by atoms with Crippen molar-refractivity contribution >= 4 is 17.5 Å². The van der Waals surface area contributed by atoms with Gasteiger partial charge in [-0.3, -0.25) is 9.59 Å². The molecule has 0 radical (unpaired) electrons. The number of benzene rings is 1. The van der Waals surface area contributed by atoms with Crippen LogP contribution in [0.5, 0.6) is 0 Å². The molecule has 7 heteroatoms. The number of aromatic nitrogens is 2. The molecule has 2 aliphatic heterocycles. The molecule has 7 nitrogen and oxygen atoms in total. The van der Waals surface area contributed by atoms with Crippen LogP contribution in [0.2, 0.25) is 0 Å². The van der Waals surface area contributed by atoms with Gasteiger partial charge in [-0.25, -0.2) is 0 Å². The monoisotopic (exact) mass is 366 g/mol. The van der Waals surface area contributed by atoms with Gasteiger partial charge in [0.05, 0.1) is 30.1 Å². The van der Waals surface area contributed by atoms with Crippen molar-refractivity contribution in [1.29, 1.82) is 0 Å². The van der Waals surface area contributed by atoms with Crippen molar-refractivity contribution in [2.75, 3.05) is 31.1 Å².